The van der Waals surface area contributed by atoms with Crippen molar-refractivity contribution in [2.75, 3.05) is 33.4 Å². The Bertz CT molecular complexity index is 1030. The van der Waals surface area contributed by atoms with Gasteiger partial charge in [0.2, 0.25) is 0 Å². The van der Waals surface area contributed by atoms with Crippen molar-refractivity contribution in [1.82, 2.24) is 10.2 Å². The van der Waals surface area contributed by atoms with E-state index in [-0.39, 0.29) is 18.0 Å². The van der Waals surface area contributed by atoms with Gasteiger partial charge in [0.25, 0.3) is 5.91 Å². The van der Waals surface area contributed by atoms with Crippen LogP contribution in [0.4, 0.5) is 0 Å². The van der Waals surface area contributed by atoms with Crippen molar-refractivity contribution in [2.24, 2.45) is 4.99 Å². The van der Waals surface area contributed by atoms with Gasteiger partial charge in [0.1, 0.15) is 0 Å². The minimum atomic E-state index is -0.0575. The SMILES string of the molecule is CCOc1cc2c(cc1OCC)[C@@H]1CN(C)CC[C@@H]1N=C2c1ccc(C(=O)NC(C)C)cc1. The van der Waals surface area contributed by atoms with Gasteiger partial charge < -0.3 is 19.7 Å². The molecule has 0 unspecified atom stereocenters. The number of carbonyl (C=O) groups excluding carboxylic acids is 1. The summed E-state index contributed by atoms with van der Waals surface area (Å²) in [5.41, 5.74) is 5.00. The zero-order valence-corrected chi connectivity index (χ0v) is 20.4. The molecule has 4 rings (SSSR count). The highest BCUT2D eigenvalue weighted by molar-refractivity contribution is 6.15. The molecule has 176 valence electrons. The number of hydrogen-bond donors (Lipinski definition) is 1. The molecule has 2 aliphatic rings. The van der Waals surface area contributed by atoms with Gasteiger partial charge >= 0.3 is 0 Å². The Kier molecular flexibility index (Phi) is 7.03. The van der Waals surface area contributed by atoms with Crippen LogP contribution in [0.15, 0.2) is 41.4 Å². The highest BCUT2D eigenvalue weighted by atomic mass is 16.5. The summed E-state index contributed by atoms with van der Waals surface area (Å²) in [7, 11) is 2.17. The number of likely N-dealkylation sites (tertiary alicyclic amines) is 1. The fraction of sp³-hybridized carbons (Fsp3) is 0.481. The van der Waals surface area contributed by atoms with E-state index in [0.717, 1.165) is 47.8 Å². The van der Waals surface area contributed by atoms with Crippen LogP contribution < -0.4 is 14.8 Å². The molecule has 2 aromatic rings. The Morgan fingerprint density at radius 1 is 1.12 bits per heavy atom. The van der Waals surface area contributed by atoms with Gasteiger partial charge in [-0.05, 0) is 77.5 Å². The van der Waals surface area contributed by atoms with Gasteiger partial charge in [-0.25, -0.2) is 0 Å². The van der Waals surface area contributed by atoms with Crippen LogP contribution in [0.3, 0.4) is 0 Å². The molecule has 0 bridgehead atoms. The maximum Gasteiger partial charge on any atom is 0.251 e. The predicted octanol–water partition coefficient (Wildman–Crippen LogP) is 4.26. The first-order valence-electron chi connectivity index (χ1n) is 12.0. The van der Waals surface area contributed by atoms with Crippen LogP contribution in [0, 0.1) is 0 Å². The molecule has 2 heterocycles. The van der Waals surface area contributed by atoms with Crippen LogP contribution in [0.2, 0.25) is 0 Å². The van der Waals surface area contributed by atoms with E-state index >= 15 is 0 Å². The first-order valence-corrected chi connectivity index (χ1v) is 12.0. The Hall–Kier alpha value is -2.86. The molecule has 6 heteroatoms. The maximum atomic E-state index is 12.4. The summed E-state index contributed by atoms with van der Waals surface area (Å²) in [5, 5.41) is 2.95. The normalized spacial score (nSPS) is 20.0. The minimum absolute atomic E-state index is 0.0575. The van der Waals surface area contributed by atoms with E-state index < -0.39 is 0 Å². The van der Waals surface area contributed by atoms with Crippen molar-refractivity contribution >= 4 is 11.6 Å². The second kappa shape index (κ2) is 9.96. The Labute approximate surface area is 197 Å². The summed E-state index contributed by atoms with van der Waals surface area (Å²) in [6, 6.07) is 12.4. The van der Waals surface area contributed by atoms with Gasteiger partial charge in [-0.2, -0.15) is 0 Å². The first kappa shape index (κ1) is 23.3. The molecular formula is C27H35N3O3. The number of carbonyl (C=O) groups is 1. The van der Waals surface area contributed by atoms with Gasteiger partial charge in [0.15, 0.2) is 11.5 Å². The maximum absolute atomic E-state index is 12.4. The number of aliphatic imine (C=N–C) groups is 1. The average molecular weight is 450 g/mol. The van der Waals surface area contributed by atoms with E-state index in [1.165, 1.54) is 5.56 Å². The fourth-order valence-corrected chi connectivity index (χ4v) is 4.78. The third kappa shape index (κ3) is 4.91. The molecule has 1 N–H and O–H groups in total. The second-order valence-electron chi connectivity index (χ2n) is 9.16. The molecule has 1 saturated heterocycles. The Morgan fingerprint density at radius 2 is 1.79 bits per heavy atom. The summed E-state index contributed by atoms with van der Waals surface area (Å²) >= 11 is 0. The molecule has 6 nitrogen and oxygen atoms in total. The number of benzene rings is 2. The lowest BCUT2D eigenvalue weighted by Crippen LogP contribution is -2.41. The summed E-state index contributed by atoms with van der Waals surface area (Å²) in [6.07, 6.45) is 1.02. The number of hydrogen-bond acceptors (Lipinski definition) is 5. The third-order valence-electron chi connectivity index (χ3n) is 6.28. The lowest BCUT2D eigenvalue weighted by atomic mass is 9.79. The van der Waals surface area contributed by atoms with E-state index in [2.05, 4.69) is 29.4 Å². The van der Waals surface area contributed by atoms with Crippen LogP contribution >= 0.6 is 0 Å². The number of likely N-dealkylation sites (N-methyl/N-ethyl adjacent to an activating group) is 1. The Balaban J connectivity index is 1.77. The number of piperidine rings is 1. The molecule has 0 aliphatic carbocycles. The van der Waals surface area contributed by atoms with Crippen molar-refractivity contribution in [3.05, 3.63) is 58.7 Å². The number of nitrogens with one attached hydrogen (secondary N) is 1. The summed E-state index contributed by atoms with van der Waals surface area (Å²) < 4.78 is 11.9. The third-order valence-corrected chi connectivity index (χ3v) is 6.28. The number of ether oxygens (including phenoxy) is 2. The molecule has 33 heavy (non-hydrogen) atoms. The second-order valence-corrected chi connectivity index (χ2v) is 9.16. The molecule has 0 saturated carbocycles. The van der Waals surface area contributed by atoms with Crippen LogP contribution in [0.5, 0.6) is 11.5 Å². The van der Waals surface area contributed by atoms with Crippen LogP contribution in [-0.4, -0.2) is 62.0 Å². The lowest BCUT2D eigenvalue weighted by molar-refractivity contribution is 0.0943. The quantitative estimate of drug-likeness (QED) is 0.686. The van der Waals surface area contributed by atoms with Crippen LogP contribution in [0.1, 0.15) is 67.1 Å². The smallest absolute Gasteiger partial charge is 0.251 e. The first-order chi connectivity index (χ1) is 15.9. The van der Waals surface area contributed by atoms with Gasteiger partial charge in [0.05, 0.1) is 25.0 Å². The van der Waals surface area contributed by atoms with Crippen molar-refractivity contribution in [3.63, 3.8) is 0 Å². The van der Waals surface area contributed by atoms with E-state index in [0.29, 0.717) is 24.7 Å². The zero-order chi connectivity index (χ0) is 23.5. The van der Waals surface area contributed by atoms with Crippen molar-refractivity contribution in [2.45, 2.75) is 52.1 Å². The molecule has 2 atom stereocenters. The van der Waals surface area contributed by atoms with E-state index in [4.69, 9.17) is 14.5 Å². The molecule has 0 aromatic heterocycles. The summed E-state index contributed by atoms with van der Waals surface area (Å²) in [4.78, 5) is 20.0. The monoisotopic (exact) mass is 449 g/mol. The van der Waals surface area contributed by atoms with Crippen molar-refractivity contribution in [1.29, 1.82) is 0 Å². The predicted molar refractivity (Wildman–Crippen MR) is 132 cm³/mol. The van der Waals surface area contributed by atoms with Gasteiger partial charge in [-0.3, -0.25) is 9.79 Å². The molecule has 2 aliphatic heterocycles. The average Bonchev–Trinajstić information content (AvgIpc) is 2.79. The zero-order valence-electron chi connectivity index (χ0n) is 20.4. The van der Waals surface area contributed by atoms with E-state index in [9.17, 15) is 4.79 Å². The van der Waals surface area contributed by atoms with Gasteiger partial charge in [-0.1, -0.05) is 12.1 Å². The van der Waals surface area contributed by atoms with E-state index in [1.807, 2.05) is 52.0 Å². The van der Waals surface area contributed by atoms with Gasteiger partial charge in [-0.15, -0.1) is 0 Å². The van der Waals surface area contributed by atoms with Crippen LogP contribution in [-0.2, 0) is 0 Å². The largest absolute Gasteiger partial charge is 0.490 e. The topological polar surface area (TPSA) is 63.2 Å². The summed E-state index contributed by atoms with van der Waals surface area (Å²) in [6.45, 7) is 11.1. The molecule has 0 spiro atoms. The van der Waals surface area contributed by atoms with Crippen molar-refractivity contribution < 1.29 is 14.3 Å². The Morgan fingerprint density at radius 3 is 2.42 bits per heavy atom. The van der Waals surface area contributed by atoms with Crippen LogP contribution in [0.25, 0.3) is 0 Å². The minimum Gasteiger partial charge on any atom is -0.490 e. The molecule has 2 aromatic carbocycles. The fourth-order valence-electron chi connectivity index (χ4n) is 4.78. The van der Waals surface area contributed by atoms with Gasteiger partial charge in [0, 0.05) is 35.2 Å². The number of rotatable bonds is 7. The summed E-state index contributed by atoms with van der Waals surface area (Å²) in [5.74, 6) is 1.82. The molecular weight excluding hydrogens is 414 g/mol. The number of fused-ring (bicyclic) bond motifs is 3. The highest BCUT2D eigenvalue weighted by Gasteiger charge is 2.36. The van der Waals surface area contributed by atoms with E-state index in [1.54, 1.807) is 0 Å². The molecule has 1 fully saturated rings. The standard InChI is InChI=1S/C27H35N3O3/c1-6-32-24-14-20-21(15-25(24)33-7-2)26(29-23-12-13-30(5)16-22(20)23)18-8-10-19(11-9-18)27(31)28-17(3)4/h8-11,14-15,17,22-23H,6-7,12-13,16H2,1-5H3,(H,28,31)/t22-,23-/m0/s1. The number of amides is 1. The molecule has 0 radical (unpaired) electrons. The van der Waals surface area contributed by atoms with Crippen molar-refractivity contribution in [3.8, 4) is 11.5 Å². The number of nitrogens with zero attached hydrogens (tertiary/aromatic N) is 2. The molecule has 1 amide bonds. The highest BCUT2D eigenvalue weighted by Crippen LogP contribution is 2.42. The lowest BCUT2D eigenvalue weighted by Gasteiger charge is -2.39.